The Morgan fingerprint density at radius 2 is 1.74 bits per heavy atom. The van der Waals surface area contributed by atoms with Crippen molar-refractivity contribution in [3.8, 4) is 11.4 Å². The van der Waals surface area contributed by atoms with Crippen LogP contribution in [0.5, 0.6) is 0 Å². The first kappa shape index (κ1) is 14.0. The molecule has 100 valence electrons. The Morgan fingerprint density at radius 1 is 1.11 bits per heavy atom. The Balaban J connectivity index is 2.45. The number of hydrogen-bond acceptors (Lipinski definition) is 2. The van der Waals surface area contributed by atoms with E-state index in [4.69, 9.17) is 11.6 Å². The van der Waals surface area contributed by atoms with Crippen LogP contribution in [-0.2, 0) is 6.42 Å². The van der Waals surface area contributed by atoms with Crippen LogP contribution in [0.15, 0.2) is 24.3 Å². The van der Waals surface area contributed by atoms with Crippen LogP contribution in [0, 0.1) is 6.92 Å². The molecule has 0 amide bonds. The van der Waals surface area contributed by atoms with E-state index in [-0.39, 0.29) is 0 Å². The van der Waals surface area contributed by atoms with Gasteiger partial charge in [0.05, 0.1) is 0 Å². The van der Waals surface area contributed by atoms with Gasteiger partial charge in [0.25, 0.3) is 0 Å². The Labute approximate surface area is 119 Å². The first-order valence-corrected chi connectivity index (χ1v) is 7.04. The Bertz CT molecular complexity index is 551. The second-order valence-corrected chi connectivity index (χ2v) is 5.40. The summed E-state index contributed by atoms with van der Waals surface area (Å²) in [5.41, 5.74) is 4.32. The summed E-state index contributed by atoms with van der Waals surface area (Å²) in [7, 11) is 0. The van der Waals surface area contributed by atoms with E-state index in [1.165, 1.54) is 5.56 Å². The zero-order valence-corrected chi connectivity index (χ0v) is 12.6. The van der Waals surface area contributed by atoms with Crippen molar-refractivity contribution < 1.29 is 0 Å². The highest BCUT2D eigenvalue weighted by atomic mass is 35.5. The minimum absolute atomic E-state index is 0.337. The van der Waals surface area contributed by atoms with Crippen LogP contribution in [0.2, 0.25) is 5.15 Å². The van der Waals surface area contributed by atoms with Crippen LogP contribution in [0.1, 0.15) is 43.5 Å². The minimum Gasteiger partial charge on any atom is -0.233 e. The molecule has 0 bridgehead atoms. The molecule has 0 atom stereocenters. The molecule has 1 aromatic heterocycles. The van der Waals surface area contributed by atoms with Gasteiger partial charge in [-0.3, -0.25) is 0 Å². The van der Waals surface area contributed by atoms with Crippen LogP contribution < -0.4 is 0 Å². The van der Waals surface area contributed by atoms with Gasteiger partial charge in [0, 0.05) is 16.8 Å². The lowest BCUT2D eigenvalue weighted by Gasteiger charge is -2.12. The highest BCUT2D eigenvalue weighted by Crippen LogP contribution is 2.27. The maximum Gasteiger partial charge on any atom is 0.161 e. The molecule has 2 rings (SSSR count). The lowest BCUT2D eigenvalue weighted by molar-refractivity contribution is 0.831. The average molecular weight is 275 g/mol. The second kappa shape index (κ2) is 5.70. The SMILES string of the molecule is CCc1ccc(-c2nc(C)c(C(C)C)c(Cl)n2)cc1. The molecule has 0 aliphatic carbocycles. The third kappa shape index (κ3) is 2.95. The lowest BCUT2D eigenvalue weighted by Crippen LogP contribution is -2.01. The summed E-state index contributed by atoms with van der Waals surface area (Å²) in [6.07, 6.45) is 1.03. The number of rotatable bonds is 3. The molecule has 0 spiro atoms. The van der Waals surface area contributed by atoms with Gasteiger partial charge < -0.3 is 0 Å². The quantitative estimate of drug-likeness (QED) is 0.752. The summed E-state index contributed by atoms with van der Waals surface area (Å²) < 4.78 is 0. The molecule has 0 radical (unpaired) electrons. The fourth-order valence-corrected chi connectivity index (χ4v) is 2.66. The van der Waals surface area contributed by atoms with Crippen molar-refractivity contribution in [2.75, 3.05) is 0 Å². The molecule has 2 nitrogen and oxygen atoms in total. The molecule has 2 aromatic rings. The van der Waals surface area contributed by atoms with Crippen LogP contribution in [0.25, 0.3) is 11.4 Å². The lowest BCUT2D eigenvalue weighted by atomic mass is 10.0. The van der Waals surface area contributed by atoms with E-state index in [2.05, 4.69) is 55.0 Å². The van der Waals surface area contributed by atoms with Crippen molar-refractivity contribution in [2.24, 2.45) is 0 Å². The van der Waals surface area contributed by atoms with Gasteiger partial charge in [-0.2, -0.15) is 0 Å². The summed E-state index contributed by atoms with van der Waals surface area (Å²) in [5, 5.41) is 0.567. The van der Waals surface area contributed by atoms with Crippen molar-refractivity contribution >= 4 is 11.6 Å². The van der Waals surface area contributed by atoms with E-state index in [0.717, 1.165) is 23.2 Å². The summed E-state index contributed by atoms with van der Waals surface area (Å²) in [4.78, 5) is 9.02. The van der Waals surface area contributed by atoms with Gasteiger partial charge >= 0.3 is 0 Å². The molecule has 1 aromatic carbocycles. The number of aryl methyl sites for hydroxylation is 2. The Hall–Kier alpha value is -1.41. The van der Waals surface area contributed by atoms with Gasteiger partial charge in [0.1, 0.15) is 5.15 Å². The van der Waals surface area contributed by atoms with Crippen LogP contribution >= 0.6 is 11.6 Å². The monoisotopic (exact) mass is 274 g/mol. The third-order valence-corrected chi connectivity index (χ3v) is 3.58. The molecule has 3 heteroatoms. The molecule has 1 heterocycles. The predicted molar refractivity (Wildman–Crippen MR) is 80.7 cm³/mol. The van der Waals surface area contributed by atoms with Gasteiger partial charge in [0.2, 0.25) is 0 Å². The van der Waals surface area contributed by atoms with Gasteiger partial charge in [-0.25, -0.2) is 9.97 Å². The number of hydrogen-bond donors (Lipinski definition) is 0. The van der Waals surface area contributed by atoms with Crippen LogP contribution in [0.3, 0.4) is 0 Å². The van der Waals surface area contributed by atoms with E-state index >= 15 is 0 Å². The molecule has 0 fully saturated rings. The van der Waals surface area contributed by atoms with Crippen molar-refractivity contribution in [3.05, 3.63) is 46.2 Å². The number of benzene rings is 1. The van der Waals surface area contributed by atoms with E-state index in [9.17, 15) is 0 Å². The van der Waals surface area contributed by atoms with Crippen molar-refractivity contribution in [3.63, 3.8) is 0 Å². The Morgan fingerprint density at radius 3 is 2.21 bits per heavy atom. The fraction of sp³-hybridized carbons (Fsp3) is 0.375. The molecule has 19 heavy (non-hydrogen) atoms. The molecular weight excluding hydrogens is 256 g/mol. The predicted octanol–water partition coefficient (Wildman–Crippen LogP) is 4.79. The highest BCUT2D eigenvalue weighted by Gasteiger charge is 2.13. The molecule has 0 saturated carbocycles. The van der Waals surface area contributed by atoms with Crippen molar-refractivity contribution in [1.82, 2.24) is 9.97 Å². The summed E-state index contributed by atoms with van der Waals surface area (Å²) in [6, 6.07) is 8.33. The highest BCUT2D eigenvalue weighted by molar-refractivity contribution is 6.30. The van der Waals surface area contributed by atoms with Gasteiger partial charge in [-0.1, -0.05) is 56.6 Å². The third-order valence-electron chi connectivity index (χ3n) is 3.29. The minimum atomic E-state index is 0.337. The van der Waals surface area contributed by atoms with Crippen LogP contribution in [0.4, 0.5) is 0 Å². The van der Waals surface area contributed by atoms with E-state index < -0.39 is 0 Å². The van der Waals surface area contributed by atoms with Gasteiger partial charge in [-0.15, -0.1) is 0 Å². The van der Waals surface area contributed by atoms with Crippen molar-refractivity contribution in [1.29, 1.82) is 0 Å². The summed E-state index contributed by atoms with van der Waals surface area (Å²) in [6.45, 7) is 8.34. The zero-order valence-electron chi connectivity index (χ0n) is 11.9. The van der Waals surface area contributed by atoms with Crippen LogP contribution in [-0.4, -0.2) is 9.97 Å². The van der Waals surface area contributed by atoms with Gasteiger partial charge in [-0.05, 0) is 24.8 Å². The van der Waals surface area contributed by atoms with E-state index in [1.807, 2.05) is 6.92 Å². The molecule has 0 aliphatic rings. The average Bonchev–Trinajstić information content (AvgIpc) is 2.37. The topological polar surface area (TPSA) is 25.8 Å². The molecule has 0 aliphatic heterocycles. The number of nitrogens with zero attached hydrogens (tertiary/aromatic N) is 2. The first-order chi connectivity index (χ1) is 9.02. The standard InChI is InChI=1S/C16H19ClN2/c1-5-12-6-8-13(9-7-12)16-18-11(4)14(10(2)3)15(17)19-16/h6-10H,5H2,1-4H3. The maximum atomic E-state index is 6.29. The summed E-state index contributed by atoms with van der Waals surface area (Å²) >= 11 is 6.29. The number of halogens is 1. The summed E-state index contributed by atoms with van der Waals surface area (Å²) in [5.74, 6) is 1.04. The zero-order chi connectivity index (χ0) is 14.0. The van der Waals surface area contributed by atoms with E-state index in [0.29, 0.717) is 16.9 Å². The molecule has 0 unspecified atom stereocenters. The maximum absolute atomic E-state index is 6.29. The molecular formula is C16H19ClN2. The number of aromatic nitrogens is 2. The molecule has 0 N–H and O–H groups in total. The largest absolute Gasteiger partial charge is 0.233 e. The second-order valence-electron chi connectivity index (χ2n) is 5.04. The van der Waals surface area contributed by atoms with E-state index in [1.54, 1.807) is 0 Å². The normalized spacial score (nSPS) is 11.1. The van der Waals surface area contributed by atoms with Gasteiger partial charge in [0.15, 0.2) is 5.82 Å². The first-order valence-electron chi connectivity index (χ1n) is 6.66. The smallest absolute Gasteiger partial charge is 0.161 e. The molecule has 0 saturated heterocycles. The Kier molecular flexibility index (Phi) is 4.20. The fourth-order valence-electron chi connectivity index (χ4n) is 2.22. The van der Waals surface area contributed by atoms with Crippen molar-refractivity contribution in [2.45, 2.75) is 40.0 Å².